The molecule has 0 unspecified atom stereocenters. The van der Waals surface area contributed by atoms with Gasteiger partial charge in [-0.2, -0.15) is 0 Å². The van der Waals surface area contributed by atoms with E-state index in [2.05, 4.69) is 42.6 Å². The largest absolute Gasteiger partial charge is 0.490 e. The Bertz CT molecular complexity index is 750. The van der Waals surface area contributed by atoms with E-state index in [1.54, 1.807) is 0 Å². The van der Waals surface area contributed by atoms with Gasteiger partial charge in [-0.05, 0) is 68.0 Å². The molecule has 2 aromatic rings. The monoisotopic (exact) mass is 355 g/mol. The lowest BCUT2D eigenvalue weighted by Crippen LogP contribution is -2.22. The molecule has 2 aromatic carbocycles. The molecule has 0 saturated heterocycles. The smallest absolute Gasteiger partial charge is 0.303 e. The summed E-state index contributed by atoms with van der Waals surface area (Å²) in [5.41, 5.74) is 2.42. The van der Waals surface area contributed by atoms with Crippen LogP contribution in [-0.2, 0) is 11.3 Å². The molecule has 1 aliphatic rings. The molecule has 0 aromatic heterocycles. The van der Waals surface area contributed by atoms with Gasteiger partial charge in [0.05, 0.1) is 6.10 Å². The molecule has 0 amide bonds. The number of hydrogen-bond acceptors (Lipinski definition) is 3. The molecule has 0 atom stereocenters. The Hall–Kier alpha value is -2.07. The Morgan fingerprint density at radius 3 is 2.65 bits per heavy atom. The van der Waals surface area contributed by atoms with Crippen LogP contribution in [0.25, 0.3) is 10.8 Å². The van der Waals surface area contributed by atoms with Crippen molar-refractivity contribution in [3.63, 3.8) is 0 Å². The average Bonchev–Trinajstić information content (AvgIpc) is 2.64. The summed E-state index contributed by atoms with van der Waals surface area (Å²) in [6.45, 7) is 3.53. The van der Waals surface area contributed by atoms with Crippen LogP contribution in [0.3, 0.4) is 0 Å². The van der Waals surface area contributed by atoms with Crippen LogP contribution >= 0.6 is 0 Å². The van der Waals surface area contributed by atoms with Crippen molar-refractivity contribution in [1.82, 2.24) is 5.32 Å². The number of fused-ring (bicyclic) bond motifs is 1. The van der Waals surface area contributed by atoms with Gasteiger partial charge in [0, 0.05) is 18.5 Å². The van der Waals surface area contributed by atoms with Crippen LogP contribution in [0.15, 0.2) is 30.3 Å². The number of aliphatic carboxylic acids is 1. The molecule has 4 heteroatoms. The minimum absolute atomic E-state index is 0.201. The number of carboxylic acids is 1. The molecule has 1 saturated carbocycles. The molecule has 0 aliphatic heterocycles. The van der Waals surface area contributed by atoms with E-state index in [0.29, 0.717) is 25.6 Å². The first-order chi connectivity index (χ1) is 12.6. The van der Waals surface area contributed by atoms with Crippen molar-refractivity contribution in [3.8, 4) is 5.75 Å². The van der Waals surface area contributed by atoms with E-state index in [1.807, 2.05) is 0 Å². The second-order valence-electron chi connectivity index (χ2n) is 7.27. The lowest BCUT2D eigenvalue weighted by atomic mass is 9.96. The molecule has 0 bridgehead atoms. The molecule has 26 heavy (non-hydrogen) atoms. The molecule has 0 radical (unpaired) electrons. The molecule has 0 spiro atoms. The van der Waals surface area contributed by atoms with Gasteiger partial charge in [-0.3, -0.25) is 4.79 Å². The van der Waals surface area contributed by atoms with Crippen LogP contribution in [0.1, 0.15) is 56.1 Å². The number of ether oxygens (including phenoxy) is 1. The van der Waals surface area contributed by atoms with Gasteiger partial charge in [-0.15, -0.1) is 0 Å². The molecule has 0 heterocycles. The molecule has 3 rings (SSSR count). The third-order valence-corrected chi connectivity index (χ3v) is 5.21. The normalized spacial score (nSPS) is 15.3. The number of nitrogens with one attached hydrogen (secondary N) is 1. The predicted molar refractivity (Wildman–Crippen MR) is 105 cm³/mol. The van der Waals surface area contributed by atoms with Crippen molar-refractivity contribution in [2.24, 2.45) is 0 Å². The van der Waals surface area contributed by atoms with E-state index in [4.69, 9.17) is 9.84 Å². The molecular formula is C22H29NO3. The molecule has 140 valence electrons. The molecule has 1 fully saturated rings. The average molecular weight is 355 g/mol. The number of aryl methyl sites for hydroxylation is 1. The van der Waals surface area contributed by atoms with Crippen LogP contribution in [0.2, 0.25) is 0 Å². The van der Waals surface area contributed by atoms with Gasteiger partial charge in [-0.1, -0.05) is 30.7 Å². The first-order valence-corrected chi connectivity index (χ1v) is 9.75. The Labute approximate surface area is 155 Å². The van der Waals surface area contributed by atoms with E-state index in [1.165, 1.54) is 41.2 Å². The first-order valence-electron chi connectivity index (χ1n) is 9.75. The summed E-state index contributed by atoms with van der Waals surface area (Å²) < 4.78 is 6.44. The summed E-state index contributed by atoms with van der Waals surface area (Å²) in [5, 5.41) is 14.7. The third kappa shape index (κ3) is 4.76. The van der Waals surface area contributed by atoms with Gasteiger partial charge < -0.3 is 15.2 Å². The van der Waals surface area contributed by atoms with Gasteiger partial charge in [-0.25, -0.2) is 0 Å². The lowest BCUT2D eigenvalue weighted by Gasteiger charge is -2.25. The van der Waals surface area contributed by atoms with Crippen molar-refractivity contribution < 1.29 is 14.6 Å². The van der Waals surface area contributed by atoms with E-state index in [9.17, 15) is 4.79 Å². The maximum Gasteiger partial charge on any atom is 0.303 e. The molecule has 4 nitrogen and oxygen atoms in total. The SMILES string of the molecule is Cc1cc(OC2CCCCC2)c(CNCCCC(=O)O)c2ccccc12. The maximum absolute atomic E-state index is 10.7. The van der Waals surface area contributed by atoms with Gasteiger partial charge in [0.2, 0.25) is 0 Å². The zero-order valence-electron chi connectivity index (χ0n) is 15.6. The fourth-order valence-corrected chi connectivity index (χ4v) is 3.81. The van der Waals surface area contributed by atoms with E-state index >= 15 is 0 Å². The summed E-state index contributed by atoms with van der Waals surface area (Å²) in [5.74, 6) is 0.243. The highest BCUT2D eigenvalue weighted by molar-refractivity contribution is 5.90. The van der Waals surface area contributed by atoms with Gasteiger partial charge in [0.25, 0.3) is 0 Å². The van der Waals surface area contributed by atoms with Crippen molar-refractivity contribution in [2.45, 2.75) is 64.5 Å². The van der Waals surface area contributed by atoms with Crippen molar-refractivity contribution in [3.05, 3.63) is 41.5 Å². The topological polar surface area (TPSA) is 58.6 Å². The van der Waals surface area contributed by atoms with Gasteiger partial charge in [0.1, 0.15) is 5.75 Å². The van der Waals surface area contributed by atoms with Crippen LogP contribution in [0.5, 0.6) is 5.75 Å². The summed E-state index contributed by atoms with van der Waals surface area (Å²) in [6, 6.07) is 10.6. The van der Waals surface area contributed by atoms with Crippen molar-refractivity contribution in [2.75, 3.05) is 6.54 Å². The van der Waals surface area contributed by atoms with Gasteiger partial charge in [0.15, 0.2) is 0 Å². The first kappa shape index (κ1) is 18.7. The zero-order valence-corrected chi connectivity index (χ0v) is 15.6. The third-order valence-electron chi connectivity index (χ3n) is 5.21. The van der Waals surface area contributed by atoms with Crippen molar-refractivity contribution in [1.29, 1.82) is 0 Å². The number of hydrogen-bond donors (Lipinski definition) is 2. The molecule has 2 N–H and O–H groups in total. The van der Waals surface area contributed by atoms with E-state index in [-0.39, 0.29) is 6.42 Å². The number of carboxylic acid groups (broad SMARTS) is 1. The Morgan fingerprint density at radius 1 is 1.19 bits per heavy atom. The highest BCUT2D eigenvalue weighted by atomic mass is 16.5. The van der Waals surface area contributed by atoms with Crippen LogP contribution < -0.4 is 10.1 Å². The van der Waals surface area contributed by atoms with Crippen LogP contribution in [0.4, 0.5) is 0 Å². The Morgan fingerprint density at radius 2 is 1.92 bits per heavy atom. The Balaban J connectivity index is 1.80. The predicted octanol–water partition coefficient (Wildman–Crippen LogP) is 4.81. The van der Waals surface area contributed by atoms with E-state index < -0.39 is 5.97 Å². The zero-order chi connectivity index (χ0) is 18.4. The van der Waals surface area contributed by atoms with E-state index in [0.717, 1.165) is 18.6 Å². The number of rotatable bonds is 8. The molecule has 1 aliphatic carbocycles. The maximum atomic E-state index is 10.7. The fourth-order valence-electron chi connectivity index (χ4n) is 3.81. The lowest BCUT2D eigenvalue weighted by molar-refractivity contribution is -0.137. The highest BCUT2D eigenvalue weighted by Gasteiger charge is 2.18. The number of benzene rings is 2. The second-order valence-corrected chi connectivity index (χ2v) is 7.27. The van der Waals surface area contributed by atoms with Crippen LogP contribution in [-0.4, -0.2) is 23.7 Å². The summed E-state index contributed by atoms with van der Waals surface area (Å²) in [4.78, 5) is 10.7. The number of carbonyl (C=O) groups is 1. The fraction of sp³-hybridized carbons (Fsp3) is 0.500. The minimum Gasteiger partial charge on any atom is -0.490 e. The highest BCUT2D eigenvalue weighted by Crippen LogP contribution is 2.33. The van der Waals surface area contributed by atoms with Crippen molar-refractivity contribution >= 4 is 16.7 Å². The standard InChI is InChI=1S/C22H29NO3/c1-16-14-21(26-17-8-3-2-4-9-17)20(15-23-13-7-12-22(24)25)19-11-6-5-10-18(16)19/h5-6,10-11,14,17,23H,2-4,7-9,12-13,15H2,1H3,(H,24,25). The quantitative estimate of drug-likeness (QED) is 0.667. The Kier molecular flexibility index (Phi) is 6.51. The molecular weight excluding hydrogens is 326 g/mol. The minimum atomic E-state index is -0.742. The summed E-state index contributed by atoms with van der Waals surface area (Å²) in [6.07, 6.45) is 7.24. The second kappa shape index (κ2) is 9.04. The summed E-state index contributed by atoms with van der Waals surface area (Å²) >= 11 is 0. The summed E-state index contributed by atoms with van der Waals surface area (Å²) in [7, 11) is 0. The van der Waals surface area contributed by atoms with Gasteiger partial charge >= 0.3 is 5.97 Å². The van der Waals surface area contributed by atoms with Crippen LogP contribution in [0, 0.1) is 6.92 Å².